The molecular formula is C8H10Br2O. The summed E-state index contributed by atoms with van der Waals surface area (Å²) in [4.78, 5) is 0. The van der Waals surface area contributed by atoms with Gasteiger partial charge >= 0.3 is 0 Å². The molecule has 3 heteroatoms. The van der Waals surface area contributed by atoms with Crippen LogP contribution in [0.15, 0.2) is 21.4 Å². The van der Waals surface area contributed by atoms with Crippen LogP contribution in [-0.4, -0.2) is 5.33 Å². The first-order chi connectivity index (χ1) is 5.22. The van der Waals surface area contributed by atoms with Crippen molar-refractivity contribution in [3.8, 4) is 0 Å². The third kappa shape index (κ3) is 2.99. The Morgan fingerprint density at radius 1 is 1.64 bits per heavy atom. The highest BCUT2D eigenvalue weighted by Crippen LogP contribution is 2.17. The molecule has 0 aliphatic rings. The average molecular weight is 282 g/mol. The first-order valence-electron chi connectivity index (χ1n) is 3.51. The molecule has 0 spiro atoms. The standard InChI is InChI=1S/C8H10Br2O/c1-6(4-9)2-7-3-8(10)11-5-7/h3,5-6H,2,4H2,1H3. The fraction of sp³-hybridized carbons (Fsp3) is 0.500. The average Bonchev–Trinajstić information content (AvgIpc) is 2.35. The highest BCUT2D eigenvalue weighted by atomic mass is 79.9. The van der Waals surface area contributed by atoms with Crippen molar-refractivity contribution in [2.24, 2.45) is 5.92 Å². The molecule has 0 aliphatic heterocycles. The normalized spacial score (nSPS) is 13.4. The minimum Gasteiger partial charge on any atom is -0.457 e. The van der Waals surface area contributed by atoms with E-state index < -0.39 is 0 Å². The van der Waals surface area contributed by atoms with Gasteiger partial charge < -0.3 is 4.42 Å². The fourth-order valence-electron chi connectivity index (χ4n) is 0.910. The van der Waals surface area contributed by atoms with Crippen molar-refractivity contribution in [2.75, 3.05) is 5.33 Å². The second-order valence-corrected chi connectivity index (χ2v) is 4.15. The molecule has 1 nitrogen and oxygen atoms in total. The molecular weight excluding hydrogens is 272 g/mol. The summed E-state index contributed by atoms with van der Waals surface area (Å²) in [6, 6.07) is 2.01. The van der Waals surface area contributed by atoms with Crippen molar-refractivity contribution in [1.82, 2.24) is 0 Å². The number of furan rings is 1. The zero-order valence-electron chi connectivity index (χ0n) is 6.31. The summed E-state index contributed by atoms with van der Waals surface area (Å²) in [7, 11) is 0. The van der Waals surface area contributed by atoms with Gasteiger partial charge in [-0.2, -0.15) is 0 Å². The van der Waals surface area contributed by atoms with Crippen LogP contribution in [0.4, 0.5) is 0 Å². The molecule has 0 N–H and O–H groups in total. The van der Waals surface area contributed by atoms with E-state index in [-0.39, 0.29) is 0 Å². The van der Waals surface area contributed by atoms with Crippen molar-refractivity contribution >= 4 is 31.9 Å². The van der Waals surface area contributed by atoms with Crippen molar-refractivity contribution in [2.45, 2.75) is 13.3 Å². The molecule has 0 saturated heterocycles. The topological polar surface area (TPSA) is 13.1 Å². The summed E-state index contributed by atoms with van der Waals surface area (Å²) in [5.41, 5.74) is 1.25. The summed E-state index contributed by atoms with van der Waals surface area (Å²) < 4.78 is 5.93. The summed E-state index contributed by atoms with van der Waals surface area (Å²) in [6.07, 6.45) is 2.86. The van der Waals surface area contributed by atoms with Gasteiger partial charge in [0.15, 0.2) is 4.67 Å². The Kier molecular flexibility index (Phi) is 3.66. The molecule has 1 heterocycles. The first kappa shape index (κ1) is 9.33. The minimum atomic E-state index is 0.666. The molecule has 0 saturated carbocycles. The molecule has 0 bridgehead atoms. The van der Waals surface area contributed by atoms with E-state index in [4.69, 9.17) is 4.42 Å². The van der Waals surface area contributed by atoms with Gasteiger partial charge in [0.05, 0.1) is 6.26 Å². The molecule has 1 rings (SSSR count). The Bertz CT molecular complexity index is 220. The van der Waals surface area contributed by atoms with Crippen LogP contribution >= 0.6 is 31.9 Å². The Balaban J connectivity index is 2.50. The lowest BCUT2D eigenvalue weighted by molar-refractivity contribution is 0.535. The smallest absolute Gasteiger partial charge is 0.169 e. The van der Waals surface area contributed by atoms with Crippen LogP contribution in [0.5, 0.6) is 0 Å². The second-order valence-electron chi connectivity index (χ2n) is 2.72. The van der Waals surface area contributed by atoms with Crippen LogP contribution in [0.3, 0.4) is 0 Å². The van der Waals surface area contributed by atoms with E-state index in [2.05, 4.69) is 38.8 Å². The summed E-state index contributed by atoms with van der Waals surface area (Å²) in [5.74, 6) is 0.666. The number of alkyl halides is 1. The zero-order chi connectivity index (χ0) is 8.27. The predicted molar refractivity (Wildman–Crippen MR) is 53.1 cm³/mol. The van der Waals surface area contributed by atoms with Crippen LogP contribution in [-0.2, 0) is 6.42 Å². The van der Waals surface area contributed by atoms with Gasteiger partial charge in [0.1, 0.15) is 0 Å². The van der Waals surface area contributed by atoms with Gasteiger partial charge in [-0.1, -0.05) is 22.9 Å². The lowest BCUT2D eigenvalue weighted by Crippen LogP contribution is -1.98. The molecule has 0 aliphatic carbocycles. The molecule has 11 heavy (non-hydrogen) atoms. The molecule has 1 atom stereocenters. The van der Waals surface area contributed by atoms with Crippen LogP contribution in [0.25, 0.3) is 0 Å². The zero-order valence-corrected chi connectivity index (χ0v) is 9.48. The highest BCUT2D eigenvalue weighted by molar-refractivity contribution is 9.10. The number of rotatable bonds is 3. The fourth-order valence-corrected chi connectivity index (χ4v) is 1.53. The van der Waals surface area contributed by atoms with E-state index in [1.165, 1.54) is 5.56 Å². The largest absolute Gasteiger partial charge is 0.457 e. The van der Waals surface area contributed by atoms with Crippen molar-refractivity contribution < 1.29 is 4.42 Å². The number of hydrogen-bond donors (Lipinski definition) is 0. The van der Waals surface area contributed by atoms with E-state index in [1.54, 1.807) is 6.26 Å². The van der Waals surface area contributed by atoms with E-state index >= 15 is 0 Å². The molecule has 1 aromatic rings. The molecule has 62 valence electrons. The maximum absolute atomic E-state index is 5.11. The molecule has 0 radical (unpaired) electrons. The van der Waals surface area contributed by atoms with E-state index in [0.29, 0.717) is 5.92 Å². The number of hydrogen-bond acceptors (Lipinski definition) is 1. The van der Waals surface area contributed by atoms with Gasteiger partial charge in [-0.05, 0) is 39.9 Å². The Labute approximate surface area is 83.4 Å². The van der Waals surface area contributed by atoms with Crippen LogP contribution in [0.2, 0.25) is 0 Å². The van der Waals surface area contributed by atoms with Crippen molar-refractivity contribution in [1.29, 1.82) is 0 Å². The second kappa shape index (κ2) is 4.31. The van der Waals surface area contributed by atoms with E-state index in [9.17, 15) is 0 Å². The monoisotopic (exact) mass is 280 g/mol. The molecule has 0 fully saturated rings. The lowest BCUT2D eigenvalue weighted by atomic mass is 10.1. The minimum absolute atomic E-state index is 0.666. The predicted octanol–water partition coefficient (Wildman–Crippen LogP) is 3.62. The molecule has 1 unspecified atom stereocenters. The van der Waals surface area contributed by atoms with Crippen LogP contribution in [0, 0.1) is 5.92 Å². The van der Waals surface area contributed by atoms with Gasteiger partial charge in [0, 0.05) is 5.33 Å². The van der Waals surface area contributed by atoms with Crippen LogP contribution < -0.4 is 0 Å². The summed E-state index contributed by atoms with van der Waals surface area (Å²) in [5, 5.41) is 1.04. The molecule has 0 amide bonds. The Morgan fingerprint density at radius 2 is 2.36 bits per heavy atom. The Morgan fingerprint density at radius 3 is 2.82 bits per heavy atom. The number of halogens is 2. The third-order valence-electron chi connectivity index (χ3n) is 1.47. The third-order valence-corrected chi connectivity index (χ3v) is 2.99. The van der Waals surface area contributed by atoms with E-state index in [1.807, 2.05) is 6.07 Å². The van der Waals surface area contributed by atoms with Gasteiger partial charge in [-0.3, -0.25) is 0 Å². The maximum atomic E-state index is 5.11. The highest BCUT2D eigenvalue weighted by Gasteiger charge is 2.03. The van der Waals surface area contributed by atoms with Crippen LogP contribution in [0.1, 0.15) is 12.5 Å². The van der Waals surface area contributed by atoms with E-state index in [0.717, 1.165) is 16.4 Å². The van der Waals surface area contributed by atoms with Crippen molar-refractivity contribution in [3.05, 3.63) is 22.6 Å². The summed E-state index contributed by atoms with van der Waals surface area (Å²) in [6.45, 7) is 2.20. The van der Waals surface area contributed by atoms with Crippen molar-refractivity contribution in [3.63, 3.8) is 0 Å². The summed E-state index contributed by atoms with van der Waals surface area (Å²) >= 11 is 6.70. The Hall–Kier alpha value is 0.240. The van der Waals surface area contributed by atoms with Gasteiger partial charge in [0.2, 0.25) is 0 Å². The van der Waals surface area contributed by atoms with Gasteiger partial charge in [0.25, 0.3) is 0 Å². The molecule has 0 aromatic carbocycles. The quantitative estimate of drug-likeness (QED) is 0.772. The SMILES string of the molecule is CC(CBr)Cc1coc(Br)c1. The first-order valence-corrected chi connectivity index (χ1v) is 5.42. The van der Waals surface area contributed by atoms with Gasteiger partial charge in [-0.15, -0.1) is 0 Å². The maximum Gasteiger partial charge on any atom is 0.169 e. The molecule has 1 aromatic heterocycles. The lowest BCUT2D eigenvalue weighted by Gasteiger charge is -2.02. The van der Waals surface area contributed by atoms with Gasteiger partial charge in [-0.25, -0.2) is 0 Å².